The Kier molecular flexibility index (Phi) is 6.62. The second-order valence-corrected chi connectivity index (χ2v) is 6.91. The number of rotatable bonds is 5. The van der Waals surface area contributed by atoms with E-state index in [0.717, 1.165) is 36.3 Å². The Morgan fingerprint density at radius 3 is 2.60 bits per heavy atom. The lowest BCUT2D eigenvalue weighted by Crippen LogP contribution is -2.28. The van der Waals surface area contributed by atoms with Gasteiger partial charge in [0, 0.05) is 29.6 Å². The van der Waals surface area contributed by atoms with E-state index in [-0.39, 0.29) is 24.4 Å². The summed E-state index contributed by atoms with van der Waals surface area (Å²) in [6, 6.07) is 7.74. The van der Waals surface area contributed by atoms with Gasteiger partial charge in [-0.3, -0.25) is 4.79 Å². The number of carbonyl (C=O) groups excluding carboxylic acids is 1. The smallest absolute Gasteiger partial charge is 0.226 e. The fraction of sp³-hybridized carbons (Fsp3) is 0.474. The third-order valence-corrected chi connectivity index (χ3v) is 4.67. The van der Waals surface area contributed by atoms with Crippen LogP contribution in [0.25, 0.3) is 11.5 Å². The molecule has 0 bridgehead atoms. The summed E-state index contributed by atoms with van der Waals surface area (Å²) in [7, 11) is 0. The van der Waals surface area contributed by atoms with Crippen LogP contribution in [0.4, 0.5) is 5.69 Å². The van der Waals surface area contributed by atoms with Crippen molar-refractivity contribution >= 4 is 24.0 Å². The molecule has 25 heavy (non-hydrogen) atoms. The molecule has 1 heterocycles. The molecular weight excluding hydrogens is 338 g/mol. The Hall–Kier alpha value is -1.85. The Bertz CT molecular complexity index is 697. The molecule has 136 valence electrons. The van der Waals surface area contributed by atoms with Gasteiger partial charge in [0.1, 0.15) is 5.76 Å². The molecule has 6 heteroatoms. The van der Waals surface area contributed by atoms with E-state index in [2.05, 4.69) is 24.1 Å². The molecular formula is C19H26ClN3O2. The van der Waals surface area contributed by atoms with Crippen LogP contribution < -0.4 is 11.1 Å². The number of carbonyl (C=O) groups is 1. The molecule has 0 aliphatic heterocycles. The van der Waals surface area contributed by atoms with Crippen molar-refractivity contribution < 1.29 is 9.21 Å². The van der Waals surface area contributed by atoms with E-state index >= 15 is 0 Å². The Morgan fingerprint density at radius 2 is 2.04 bits per heavy atom. The van der Waals surface area contributed by atoms with Crippen LogP contribution in [0.5, 0.6) is 0 Å². The standard InChI is InChI=1S/C19H25N3O2.ClH/c1-12(2)17-11-21-19(24-17)13-6-8-15(9-7-13)22-18(23)10-14-4-3-5-16(14)20;/h6-9,11-12,14,16H,3-5,10,20H2,1-2H3,(H,22,23);1H/t14-,16+;/m0./s1. The number of aromatic nitrogens is 1. The number of halogens is 1. The first-order valence-electron chi connectivity index (χ1n) is 8.64. The van der Waals surface area contributed by atoms with E-state index in [1.165, 1.54) is 0 Å². The fourth-order valence-electron chi connectivity index (χ4n) is 3.15. The van der Waals surface area contributed by atoms with Crippen LogP contribution in [0.1, 0.15) is 51.2 Å². The van der Waals surface area contributed by atoms with Gasteiger partial charge in [0.05, 0.1) is 6.20 Å². The third-order valence-electron chi connectivity index (χ3n) is 4.67. The highest BCUT2D eigenvalue weighted by atomic mass is 35.5. The lowest BCUT2D eigenvalue weighted by atomic mass is 10.00. The minimum Gasteiger partial charge on any atom is -0.441 e. The van der Waals surface area contributed by atoms with E-state index in [1.807, 2.05) is 24.3 Å². The first kappa shape index (κ1) is 19.5. The van der Waals surface area contributed by atoms with Crippen molar-refractivity contribution in [3.05, 3.63) is 36.2 Å². The highest BCUT2D eigenvalue weighted by Crippen LogP contribution is 2.28. The van der Waals surface area contributed by atoms with Gasteiger partial charge in [-0.25, -0.2) is 4.98 Å². The van der Waals surface area contributed by atoms with Gasteiger partial charge in [-0.1, -0.05) is 20.3 Å². The quantitative estimate of drug-likeness (QED) is 0.827. The third kappa shape index (κ3) is 4.83. The van der Waals surface area contributed by atoms with Crippen molar-refractivity contribution in [2.24, 2.45) is 11.7 Å². The predicted molar refractivity (Wildman–Crippen MR) is 102 cm³/mol. The summed E-state index contributed by atoms with van der Waals surface area (Å²) in [5.74, 6) is 2.13. The second-order valence-electron chi connectivity index (χ2n) is 6.91. The number of hydrogen-bond acceptors (Lipinski definition) is 4. The molecule has 1 aromatic heterocycles. The zero-order valence-electron chi connectivity index (χ0n) is 14.7. The number of amides is 1. The number of nitrogens with one attached hydrogen (secondary N) is 1. The predicted octanol–water partition coefficient (Wildman–Crippen LogP) is 4.34. The molecule has 1 saturated carbocycles. The summed E-state index contributed by atoms with van der Waals surface area (Å²) in [5, 5.41) is 2.95. The number of oxazole rings is 1. The van der Waals surface area contributed by atoms with E-state index < -0.39 is 0 Å². The highest BCUT2D eigenvalue weighted by Gasteiger charge is 2.26. The largest absolute Gasteiger partial charge is 0.441 e. The summed E-state index contributed by atoms with van der Waals surface area (Å²) in [6.07, 6.45) is 5.47. The molecule has 1 aromatic carbocycles. The Labute approximate surface area is 154 Å². The average Bonchev–Trinajstić information content (AvgIpc) is 3.18. The second kappa shape index (κ2) is 8.50. The summed E-state index contributed by atoms with van der Waals surface area (Å²) in [5.41, 5.74) is 7.71. The van der Waals surface area contributed by atoms with E-state index in [1.54, 1.807) is 6.20 Å². The minimum absolute atomic E-state index is 0. The topological polar surface area (TPSA) is 81.2 Å². The average molecular weight is 364 g/mol. The fourth-order valence-corrected chi connectivity index (χ4v) is 3.15. The highest BCUT2D eigenvalue weighted by molar-refractivity contribution is 5.91. The normalized spacial score (nSPS) is 19.7. The SMILES string of the molecule is CC(C)c1cnc(-c2ccc(NC(=O)C[C@@H]3CCC[C@H]3N)cc2)o1.Cl. The molecule has 0 radical (unpaired) electrons. The number of nitrogens with zero attached hydrogens (tertiary/aromatic N) is 1. The van der Waals surface area contributed by atoms with Gasteiger partial charge >= 0.3 is 0 Å². The maximum absolute atomic E-state index is 12.1. The van der Waals surface area contributed by atoms with Gasteiger partial charge in [-0.2, -0.15) is 0 Å². The monoisotopic (exact) mass is 363 g/mol. The van der Waals surface area contributed by atoms with E-state index in [0.29, 0.717) is 24.1 Å². The molecule has 0 saturated heterocycles. The summed E-state index contributed by atoms with van der Waals surface area (Å²) < 4.78 is 5.74. The Balaban J connectivity index is 0.00000225. The Morgan fingerprint density at radius 1 is 1.32 bits per heavy atom. The zero-order valence-corrected chi connectivity index (χ0v) is 15.5. The van der Waals surface area contributed by atoms with Gasteiger partial charge in [0.25, 0.3) is 0 Å². The van der Waals surface area contributed by atoms with Crippen molar-refractivity contribution in [1.82, 2.24) is 4.98 Å². The minimum atomic E-state index is 0. The number of nitrogens with two attached hydrogens (primary N) is 1. The molecule has 0 spiro atoms. The summed E-state index contributed by atoms with van der Waals surface area (Å²) in [4.78, 5) is 16.5. The van der Waals surface area contributed by atoms with Crippen LogP contribution in [0.15, 0.2) is 34.9 Å². The van der Waals surface area contributed by atoms with Gasteiger partial charge in [-0.05, 0) is 43.0 Å². The van der Waals surface area contributed by atoms with E-state index in [9.17, 15) is 4.79 Å². The molecule has 2 aromatic rings. The molecule has 1 aliphatic rings. The van der Waals surface area contributed by atoms with Crippen molar-refractivity contribution in [2.45, 2.75) is 51.5 Å². The van der Waals surface area contributed by atoms with Crippen molar-refractivity contribution in [1.29, 1.82) is 0 Å². The molecule has 3 N–H and O–H groups in total. The number of benzene rings is 1. The van der Waals surface area contributed by atoms with Crippen molar-refractivity contribution in [2.75, 3.05) is 5.32 Å². The van der Waals surface area contributed by atoms with Gasteiger partial charge in [0.15, 0.2) is 0 Å². The molecule has 2 atom stereocenters. The molecule has 1 amide bonds. The maximum Gasteiger partial charge on any atom is 0.226 e. The van der Waals surface area contributed by atoms with Gasteiger partial charge in [0.2, 0.25) is 11.8 Å². The summed E-state index contributed by atoms with van der Waals surface area (Å²) >= 11 is 0. The van der Waals surface area contributed by atoms with Crippen LogP contribution in [0.2, 0.25) is 0 Å². The molecule has 1 aliphatic carbocycles. The number of hydrogen-bond donors (Lipinski definition) is 2. The van der Waals surface area contributed by atoms with Crippen LogP contribution in [0, 0.1) is 5.92 Å². The summed E-state index contributed by atoms with van der Waals surface area (Å²) in [6.45, 7) is 4.14. The van der Waals surface area contributed by atoms with E-state index in [4.69, 9.17) is 10.2 Å². The molecule has 0 unspecified atom stereocenters. The zero-order chi connectivity index (χ0) is 17.1. The van der Waals surface area contributed by atoms with Gasteiger partial charge in [-0.15, -0.1) is 12.4 Å². The molecule has 3 rings (SSSR count). The van der Waals surface area contributed by atoms with Crippen molar-refractivity contribution in [3.8, 4) is 11.5 Å². The van der Waals surface area contributed by atoms with Gasteiger partial charge < -0.3 is 15.5 Å². The first-order valence-corrected chi connectivity index (χ1v) is 8.64. The lowest BCUT2D eigenvalue weighted by molar-refractivity contribution is -0.117. The van der Waals surface area contributed by atoms with Crippen LogP contribution in [0.3, 0.4) is 0 Å². The van der Waals surface area contributed by atoms with Crippen LogP contribution >= 0.6 is 12.4 Å². The van der Waals surface area contributed by atoms with Crippen LogP contribution in [-0.4, -0.2) is 16.9 Å². The molecule has 1 fully saturated rings. The van der Waals surface area contributed by atoms with Crippen molar-refractivity contribution in [3.63, 3.8) is 0 Å². The molecule has 5 nitrogen and oxygen atoms in total. The number of anilines is 1. The van der Waals surface area contributed by atoms with Crippen LogP contribution in [-0.2, 0) is 4.79 Å². The maximum atomic E-state index is 12.1. The lowest BCUT2D eigenvalue weighted by Gasteiger charge is -2.14. The first-order chi connectivity index (χ1) is 11.5.